The molecule has 74 valence electrons. The zero-order valence-electron chi connectivity index (χ0n) is 7.92. The zero-order chi connectivity index (χ0) is 10.1. The lowest BCUT2D eigenvalue weighted by molar-refractivity contribution is 0.594. The van der Waals surface area contributed by atoms with Gasteiger partial charge in [0, 0.05) is 5.56 Å². The second-order valence-electron chi connectivity index (χ2n) is 3.40. The molecule has 0 amide bonds. The minimum Gasteiger partial charge on any atom is -0.345 e. The molecule has 0 aliphatic rings. The lowest BCUT2D eigenvalue weighted by atomic mass is 9.99. The molecule has 0 spiro atoms. The van der Waals surface area contributed by atoms with Crippen LogP contribution in [0.4, 0.5) is 4.39 Å². The molecular formula is C10H12FN3. The Hall–Kier alpha value is -1.42. The normalized spacial score (nSPS) is 13.4. The van der Waals surface area contributed by atoms with Crippen LogP contribution in [-0.4, -0.2) is 16.5 Å². The third-order valence-electron chi connectivity index (χ3n) is 2.42. The van der Waals surface area contributed by atoms with Gasteiger partial charge in [0.1, 0.15) is 5.82 Å². The van der Waals surface area contributed by atoms with Crippen molar-refractivity contribution in [3.8, 4) is 0 Å². The van der Waals surface area contributed by atoms with Crippen LogP contribution in [0.1, 0.15) is 18.4 Å². The summed E-state index contributed by atoms with van der Waals surface area (Å²) in [6.45, 7) is 2.31. The van der Waals surface area contributed by atoms with Crippen molar-refractivity contribution in [2.75, 3.05) is 6.54 Å². The first-order valence-electron chi connectivity index (χ1n) is 4.55. The van der Waals surface area contributed by atoms with Gasteiger partial charge in [0.15, 0.2) is 0 Å². The Morgan fingerprint density at radius 3 is 3.07 bits per heavy atom. The van der Waals surface area contributed by atoms with Crippen LogP contribution < -0.4 is 5.73 Å². The lowest BCUT2D eigenvalue weighted by Gasteiger charge is -2.10. The summed E-state index contributed by atoms with van der Waals surface area (Å²) < 4.78 is 13.5. The highest BCUT2D eigenvalue weighted by molar-refractivity contribution is 5.79. The van der Waals surface area contributed by atoms with Gasteiger partial charge in [-0.3, -0.25) is 0 Å². The highest BCUT2D eigenvalue weighted by Crippen LogP contribution is 2.25. The smallest absolute Gasteiger partial charge is 0.129 e. The van der Waals surface area contributed by atoms with Gasteiger partial charge < -0.3 is 10.7 Å². The zero-order valence-corrected chi connectivity index (χ0v) is 7.92. The van der Waals surface area contributed by atoms with E-state index in [-0.39, 0.29) is 11.7 Å². The van der Waals surface area contributed by atoms with E-state index < -0.39 is 0 Å². The Labute approximate surface area is 81.1 Å². The quantitative estimate of drug-likeness (QED) is 0.763. The molecule has 0 saturated carbocycles. The van der Waals surface area contributed by atoms with Crippen molar-refractivity contribution in [1.82, 2.24) is 9.97 Å². The number of imidazole rings is 1. The largest absolute Gasteiger partial charge is 0.345 e. The summed E-state index contributed by atoms with van der Waals surface area (Å²) in [4.78, 5) is 7.04. The van der Waals surface area contributed by atoms with E-state index in [1.807, 2.05) is 6.92 Å². The summed E-state index contributed by atoms with van der Waals surface area (Å²) in [5, 5.41) is 0. The van der Waals surface area contributed by atoms with E-state index >= 15 is 0 Å². The van der Waals surface area contributed by atoms with Crippen LogP contribution >= 0.6 is 0 Å². The van der Waals surface area contributed by atoms with Gasteiger partial charge in [0.05, 0.1) is 17.4 Å². The van der Waals surface area contributed by atoms with E-state index in [0.29, 0.717) is 17.6 Å². The Morgan fingerprint density at radius 2 is 2.36 bits per heavy atom. The minimum atomic E-state index is -0.234. The standard InChI is InChI=1S/C10H12FN3/c1-6(4-12)9-7(11)2-3-8-10(9)14-5-13-8/h2-3,5-6H,4,12H2,1H3,(H,13,14). The van der Waals surface area contributed by atoms with Crippen LogP contribution in [-0.2, 0) is 0 Å². The van der Waals surface area contributed by atoms with Crippen molar-refractivity contribution in [2.24, 2.45) is 5.73 Å². The van der Waals surface area contributed by atoms with Crippen molar-refractivity contribution < 1.29 is 4.39 Å². The molecular weight excluding hydrogens is 181 g/mol. The van der Waals surface area contributed by atoms with Crippen LogP contribution in [0.15, 0.2) is 18.5 Å². The fraction of sp³-hybridized carbons (Fsp3) is 0.300. The topological polar surface area (TPSA) is 54.7 Å². The molecule has 3 N–H and O–H groups in total. The first-order valence-corrected chi connectivity index (χ1v) is 4.55. The van der Waals surface area contributed by atoms with Crippen molar-refractivity contribution in [3.05, 3.63) is 29.8 Å². The second-order valence-corrected chi connectivity index (χ2v) is 3.40. The van der Waals surface area contributed by atoms with Gasteiger partial charge in [-0.25, -0.2) is 9.37 Å². The molecule has 2 aromatic rings. The first-order chi connectivity index (χ1) is 6.74. The fourth-order valence-corrected chi connectivity index (χ4v) is 1.59. The molecule has 0 aliphatic heterocycles. The van der Waals surface area contributed by atoms with Crippen LogP contribution in [0, 0.1) is 5.82 Å². The van der Waals surface area contributed by atoms with E-state index in [1.54, 1.807) is 12.4 Å². The number of halogens is 1. The Bertz CT molecular complexity index is 450. The van der Waals surface area contributed by atoms with Gasteiger partial charge in [0.2, 0.25) is 0 Å². The van der Waals surface area contributed by atoms with Gasteiger partial charge in [0.25, 0.3) is 0 Å². The number of aromatic amines is 1. The molecule has 4 heteroatoms. The fourth-order valence-electron chi connectivity index (χ4n) is 1.59. The number of rotatable bonds is 2. The van der Waals surface area contributed by atoms with Crippen LogP contribution in [0.5, 0.6) is 0 Å². The maximum absolute atomic E-state index is 13.5. The summed E-state index contributed by atoms with van der Waals surface area (Å²) in [6.07, 6.45) is 1.57. The first kappa shape index (κ1) is 9.15. The number of benzene rings is 1. The van der Waals surface area contributed by atoms with E-state index in [4.69, 9.17) is 5.73 Å². The maximum atomic E-state index is 13.5. The molecule has 3 nitrogen and oxygen atoms in total. The minimum absolute atomic E-state index is 0.0120. The van der Waals surface area contributed by atoms with Crippen molar-refractivity contribution in [1.29, 1.82) is 0 Å². The molecule has 1 atom stereocenters. The van der Waals surface area contributed by atoms with E-state index in [1.165, 1.54) is 6.07 Å². The molecule has 0 radical (unpaired) electrons. The number of hydrogen-bond acceptors (Lipinski definition) is 2. The summed E-state index contributed by atoms with van der Waals surface area (Å²) in [5.41, 5.74) is 7.66. The number of nitrogens with two attached hydrogens (primary N) is 1. The highest BCUT2D eigenvalue weighted by Gasteiger charge is 2.14. The lowest BCUT2D eigenvalue weighted by Crippen LogP contribution is -2.11. The summed E-state index contributed by atoms with van der Waals surface area (Å²) >= 11 is 0. The third-order valence-corrected chi connectivity index (χ3v) is 2.42. The number of aromatic nitrogens is 2. The summed E-state index contributed by atoms with van der Waals surface area (Å²) in [7, 11) is 0. The third kappa shape index (κ3) is 1.28. The van der Waals surface area contributed by atoms with Gasteiger partial charge in [-0.1, -0.05) is 6.92 Å². The number of fused-ring (bicyclic) bond motifs is 1. The average Bonchev–Trinajstić information content (AvgIpc) is 2.64. The van der Waals surface area contributed by atoms with Gasteiger partial charge in [-0.2, -0.15) is 0 Å². The predicted molar refractivity (Wildman–Crippen MR) is 53.5 cm³/mol. The van der Waals surface area contributed by atoms with Gasteiger partial charge in [-0.05, 0) is 24.6 Å². The SMILES string of the molecule is CC(CN)c1c(F)ccc2[nH]cnc12. The van der Waals surface area contributed by atoms with Crippen molar-refractivity contribution >= 4 is 11.0 Å². The Morgan fingerprint density at radius 1 is 1.57 bits per heavy atom. The Kier molecular flexibility index (Phi) is 2.21. The number of nitrogens with zero attached hydrogens (tertiary/aromatic N) is 1. The van der Waals surface area contributed by atoms with Gasteiger partial charge >= 0.3 is 0 Å². The highest BCUT2D eigenvalue weighted by atomic mass is 19.1. The summed E-state index contributed by atoms with van der Waals surface area (Å²) in [5.74, 6) is -0.246. The number of H-pyrrole nitrogens is 1. The second kappa shape index (κ2) is 3.38. The average molecular weight is 193 g/mol. The van der Waals surface area contributed by atoms with Crippen LogP contribution in [0.2, 0.25) is 0 Å². The number of nitrogens with one attached hydrogen (secondary N) is 1. The molecule has 0 aliphatic carbocycles. The molecule has 1 aromatic heterocycles. The van der Waals surface area contributed by atoms with E-state index in [0.717, 1.165) is 5.52 Å². The van der Waals surface area contributed by atoms with E-state index in [9.17, 15) is 4.39 Å². The molecule has 0 fully saturated rings. The van der Waals surface area contributed by atoms with Crippen LogP contribution in [0.3, 0.4) is 0 Å². The number of hydrogen-bond donors (Lipinski definition) is 2. The summed E-state index contributed by atoms with van der Waals surface area (Å²) in [6, 6.07) is 3.13. The van der Waals surface area contributed by atoms with Crippen LogP contribution in [0.25, 0.3) is 11.0 Å². The molecule has 1 heterocycles. The monoisotopic (exact) mass is 193 g/mol. The Balaban J connectivity index is 2.70. The van der Waals surface area contributed by atoms with Crippen molar-refractivity contribution in [3.63, 3.8) is 0 Å². The molecule has 1 unspecified atom stereocenters. The molecule has 1 aromatic carbocycles. The predicted octanol–water partition coefficient (Wildman–Crippen LogP) is 1.76. The maximum Gasteiger partial charge on any atom is 0.129 e. The molecule has 14 heavy (non-hydrogen) atoms. The molecule has 0 saturated heterocycles. The van der Waals surface area contributed by atoms with E-state index in [2.05, 4.69) is 9.97 Å². The molecule has 2 rings (SSSR count). The molecule has 0 bridgehead atoms. The van der Waals surface area contributed by atoms with Crippen molar-refractivity contribution in [2.45, 2.75) is 12.8 Å². The van der Waals surface area contributed by atoms with Gasteiger partial charge in [-0.15, -0.1) is 0 Å².